The largest absolute Gasteiger partial charge is 0.479 e. The van der Waals surface area contributed by atoms with Gasteiger partial charge in [0.2, 0.25) is 0 Å². The number of amides is 1. The van der Waals surface area contributed by atoms with Gasteiger partial charge < -0.3 is 28.3 Å². The third-order valence-corrected chi connectivity index (χ3v) is 11.4. The van der Waals surface area contributed by atoms with Crippen molar-refractivity contribution in [3.8, 4) is 11.5 Å². The van der Waals surface area contributed by atoms with E-state index in [1.54, 1.807) is 37.3 Å². The molecule has 0 saturated heterocycles. The molecule has 0 heterocycles. The average Bonchev–Trinajstić information content (AvgIpc) is 2.81. The van der Waals surface area contributed by atoms with Gasteiger partial charge in [-0.15, -0.1) is 0 Å². The summed E-state index contributed by atoms with van der Waals surface area (Å²) in [6.45, 7) is 17.2. The molecule has 2 rings (SSSR count). The van der Waals surface area contributed by atoms with Gasteiger partial charge in [-0.3, -0.25) is 4.79 Å². The predicted octanol–water partition coefficient (Wildman–Crippen LogP) is 6.60. The summed E-state index contributed by atoms with van der Waals surface area (Å²) in [5.41, 5.74) is 0.966. The van der Waals surface area contributed by atoms with E-state index in [2.05, 4.69) is 39.9 Å². The molecule has 0 aromatic heterocycles. The molecule has 1 aliphatic carbocycles. The Morgan fingerprint density at radius 1 is 1.13 bits per heavy atom. The minimum absolute atomic E-state index is 0.0278. The van der Waals surface area contributed by atoms with Crippen LogP contribution in [0, 0.1) is 0 Å². The highest BCUT2D eigenvalue weighted by molar-refractivity contribution is 6.74. The fourth-order valence-electron chi connectivity index (χ4n) is 3.81. The molecule has 1 aromatic carbocycles. The summed E-state index contributed by atoms with van der Waals surface area (Å²) in [5.74, 6) is 0.938. The van der Waals surface area contributed by atoms with Crippen LogP contribution < -0.4 is 9.47 Å². The monoisotopic (exact) mass is 549 g/mol. The van der Waals surface area contributed by atoms with Crippen LogP contribution >= 0.6 is 0 Å². The van der Waals surface area contributed by atoms with Gasteiger partial charge in [0.05, 0.1) is 6.10 Å². The number of benzene rings is 1. The van der Waals surface area contributed by atoms with Gasteiger partial charge in [-0.2, -0.15) is 0 Å². The summed E-state index contributed by atoms with van der Waals surface area (Å²) < 4.78 is 29.9. The maximum absolute atomic E-state index is 12.6. The van der Waals surface area contributed by atoms with Gasteiger partial charge >= 0.3 is 6.09 Å². The van der Waals surface area contributed by atoms with Crippen molar-refractivity contribution in [2.24, 2.45) is 0 Å². The Bertz CT molecular complexity index is 978. The zero-order chi connectivity index (χ0) is 28.7. The normalized spacial score (nSPS) is 18.4. The van der Waals surface area contributed by atoms with Gasteiger partial charge in [0, 0.05) is 26.3 Å². The molecule has 1 aliphatic rings. The fourth-order valence-corrected chi connectivity index (χ4v) is 5.16. The Balaban J connectivity index is 2.37. The Kier molecular flexibility index (Phi) is 11.0. The van der Waals surface area contributed by atoms with Crippen LogP contribution in [0.3, 0.4) is 0 Å². The van der Waals surface area contributed by atoms with Crippen LogP contribution in [0.15, 0.2) is 29.8 Å². The van der Waals surface area contributed by atoms with Crippen molar-refractivity contribution in [3.63, 3.8) is 0 Å². The van der Waals surface area contributed by atoms with Crippen LogP contribution in [0.4, 0.5) is 4.79 Å². The maximum Gasteiger partial charge on any atom is 0.410 e. The quantitative estimate of drug-likeness (QED) is 0.133. The predicted molar refractivity (Wildman–Crippen MR) is 152 cm³/mol. The summed E-state index contributed by atoms with van der Waals surface area (Å²) in [6.07, 6.45) is 4.27. The molecule has 38 heavy (non-hydrogen) atoms. The summed E-state index contributed by atoms with van der Waals surface area (Å²) in [7, 11) is 1.16. The molecule has 0 bridgehead atoms. The molecule has 0 saturated carbocycles. The Morgan fingerprint density at radius 2 is 1.82 bits per heavy atom. The molecular weight excluding hydrogens is 502 g/mol. The second-order valence-corrected chi connectivity index (χ2v) is 17.1. The van der Waals surface area contributed by atoms with Crippen molar-refractivity contribution in [1.29, 1.82) is 0 Å². The number of nitrogens with zero attached hydrogens (tertiary/aromatic N) is 1. The highest BCUT2D eigenvalue weighted by atomic mass is 28.4. The van der Waals surface area contributed by atoms with Crippen LogP contribution in [0.1, 0.15) is 71.2 Å². The third-order valence-electron chi connectivity index (χ3n) is 6.94. The average molecular weight is 550 g/mol. The van der Waals surface area contributed by atoms with Gasteiger partial charge in [-0.05, 0) is 81.9 Å². The van der Waals surface area contributed by atoms with E-state index in [0.29, 0.717) is 30.0 Å². The molecule has 0 aliphatic heterocycles. The van der Waals surface area contributed by atoms with E-state index in [9.17, 15) is 9.59 Å². The molecule has 1 aromatic rings. The number of aldehydes is 1. The molecule has 0 radical (unpaired) electrons. The molecule has 2 atom stereocenters. The third kappa shape index (κ3) is 9.13. The van der Waals surface area contributed by atoms with E-state index in [1.165, 1.54) is 0 Å². The molecule has 1 amide bonds. The first kappa shape index (κ1) is 31.9. The first-order chi connectivity index (χ1) is 17.6. The summed E-state index contributed by atoms with van der Waals surface area (Å²) in [4.78, 5) is 25.7. The lowest BCUT2D eigenvalue weighted by molar-refractivity contribution is 0.0276. The van der Waals surface area contributed by atoms with E-state index < -0.39 is 20.0 Å². The second kappa shape index (κ2) is 13.1. The summed E-state index contributed by atoms with van der Waals surface area (Å²) >= 11 is 0. The van der Waals surface area contributed by atoms with E-state index in [1.807, 2.05) is 20.8 Å². The topological polar surface area (TPSA) is 83.5 Å². The lowest BCUT2D eigenvalue weighted by atomic mass is 9.91. The fraction of sp³-hybridized carbons (Fsp3) is 0.655. The zero-order valence-corrected chi connectivity index (χ0v) is 25.9. The number of carbonyl (C=O) groups is 2. The molecule has 0 N–H and O–H groups in total. The van der Waals surface area contributed by atoms with Crippen molar-refractivity contribution in [3.05, 3.63) is 35.4 Å². The Hall–Kier alpha value is -2.36. The molecule has 9 heteroatoms. The highest BCUT2D eigenvalue weighted by Crippen LogP contribution is 2.41. The van der Waals surface area contributed by atoms with E-state index >= 15 is 0 Å². The minimum atomic E-state index is -2.12. The lowest BCUT2D eigenvalue weighted by Gasteiger charge is -2.43. The van der Waals surface area contributed by atoms with Gasteiger partial charge in [0.15, 0.2) is 26.6 Å². The number of rotatable bonds is 11. The second-order valence-electron chi connectivity index (χ2n) is 12.3. The number of hydrogen-bond acceptors (Lipinski definition) is 7. The SMILES string of the molecule is COCOc1ccc(C=O)cc1O[C@H]1C(CCN(C)C(=O)OC(C)(C)C)=CCC[C@@H]1O[Si](C)(C)C(C)(C)C. The number of carbonyl (C=O) groups excluding carboxylic acids is 2. The van der Waals surface area contributed by atoms with Crippen molar-refractivity contribution >= 4 is 20.7 Å². The molecule has 0 fully saturated rings. The Labute approximate surface area is 229 Å². The number of hydrogen-bond donors (Lipinski definition) is 0. The number of methoxy groups -OCH3 is 1. The van der Waals surface area contributed by atoms with Crippen LogP contribution in [0.25, 0.3) is 0 Å². The van der Waals surface area contributed by atoms with Crippen molar-refractivity contribution < 1.29 is 33.0 Å². The standard InChI is InChI=1S/C29H47NO7Si/c1-28(2,3)36-27(32)30(7)17-16-22-12-11-13-24(37-38(9,10)29(4,5)6)26(22)35-25-18-21(19-31)14-15-23(25)34-20-33-8/h12,14-15,18-19,24,26H,11,13,16-17,20H2,1-10H3/t24-,26-/m0/s1. The molecular formula is C29H47NO7Si. The van der Waals surface area contributed by atoms with Crippen LogP contribution in [-0.2, 0) is 13.9 Å². The summed E-state index contributed by atoms with van der Waals surface area (Å²) in [6, 6.07) is 5.08. The summed E-state index contributed by atoms with van der Waals surface area (Å²) in [5, 5.41) is 0.0278. The van der Waals surface area contributed by atoms with Crippen LogP contribution in [0.5, 0.6) is 11.5 Å². The van der Waals surface area contributed by atoms with E-state index in [0.717, 1.165) is 24.7 Å². The van der Waals surface area contributed by atoms with Crippen molar-refractivity contribution in [1.82, 2.24) is 4.90 Å². The van der Waals surface area contributed by atoms with Gasteiger partial charge in [0.1, 0.15) is 18.0 Å². The first-order valence-corrected chi connectivity index (χ1v) is 16.2. The number of allylic oxidation sites excluding steroid dienone is 1. The minimum Gasteiger partial charge on any atom is -0.479 e. The number of ether oxygens (including phenoxy) is 4. The maximum atomic E-state index is 12.6. The van der Waals surface area contributed by atoms with Gasteiger partial charge in [-0.25, -0.2) is 4.79 Å². The van der Waals surface area contributed by atoms with E-state index in [4.69, 9.17) is 23.4 Å². The van der Waals surface area contributed by atoms with Crippen LogP contribution in [-0.4, -0.2) is 70.9 Å². The first-order valence-electron chi connectivity index (χ1n) is 13.3. The highest BCUT2D eigenvalue weighted by Gasteiger charge is 2.43. The zero-order valence-electron chi connectivity index (χ0n) is 24.9. The van der Waals surface area contributed by atoms with Crippen molar-refractivity contribution in [2.45, 2.75) is 96.7 Å². The Morgan fingerprint density at radius 3 is 2.39 bits per heavy atom. The van der Waals surface area contributed by atoms with Crippen molar-refractivity contribution in [2.75, 3.05) is 27.5 Å². The lowest BCUT2D eigenvalue weighted by Crippen LogP contribution is -2.49. The molecule has 0 unspecified atom stereocenters. The smallest absolute Gasteiger partial charge is 0.410 e. The molecule has 0 spiro atoms. The molecule has 214 valence electrons. The molecule has 8 nitrogen and oxygen atoms in total. The van der Waals surface area contributed by atoms with E-state index in [-0.39, 0.29) is 24.0 Å². The van der Waals surface area contributed by atoms with Gasteiger partial charge in [0.25, 0.3) is 0 Å². The van der Waals surface area contributed by atoms with Crippen LogP contribution in [0.2, 0.25) is 18.1 Å². The van der Waals surface area contributed by atoms with Gasteiger partial charge in [-0.1, -0.05) is 26.8 Å².